The SMILES string of the molecule is CCNc1cc(OCCN(C)C)cc([N+](=O)[O-])c1. The van der Waals surface area contributed by atoms with Gasteiger partial charge in [-0.05, 0) is 21.0 Å². The van der Waals surface area contributed by atoms with Gasteiger partial charge < -0.3 is 15.0 Å². The van der Waals surface area contributed by atoms with Gasteiger partial charge in [-0.1, -0.05) is 0 Å². The van der Waals surface area contributed by atoms with Crippen LogP contribution in [0.25, 0.3) is 0 Å². The lowest BCUT2D eigenvalue weighted by molar-refractivity contribution is -0.384. The summed E-state index contributed by atoms with van der Waals surface area (Å²) >= 11 is 0. The first-order chi connectivity index (χ1) is 8.52. The normalized spacial score (nSPS) is 10.4. The second kappa shape index (κ2) is 6.80. The van der Waals surface area contributed by atoms with E-state index in [-0.39, 0.29) is 5.69 Å². The second-order valence-electron chi connectivity index (χ2n) is 4.15. The summed E-state index contributed by atoms with van der Waals surface area (Å²) < 4.78 is 5.51. The minimum atomic E-state index is -0.417. The molecule has 0 aliphatic heterocycles. The molecule has 6 heteroatoms. The number of benzene rings is 1. The highest BCUT2D eigenvalue weighted by Crippen LogP contribution is 2.25. The summed E-state index contributed by atoms with van der Waals surface area (Å²) in [6, 6.07) is 4.71. The Morgan fingerprint density at radius 3 is 2.67 bits per heavy atom. The number of non-ortho nitro benzene ring substituents is 1. The standard InChI is InChI=1S/C12H19N3O3/c1-4-13-10-7-11(15(16)17)9-12(8-10)18-6-5-14(2)3/h7-9,13H,4-6H2,1-3H3. The zero-order chi connectivity index (χ0) is 13.5. The number of hydrogen-bond acceptors (Lipinski definition) is 5. The van der Waals surface area contributed by atoms with Crippen molar-refractivity contribution in [3.05, 3.63) is 28.3 Å². The smallest absolute Gasteiger partial charge is 0.275 e. The van der Waals surface area contributed by atoms with E-state index in [4.69, 9.17) is 4.74 Å². The van der Waals surface area contributed by atoms with Crippen molar-refractivity contribution in [1.82, 2.24) is 4.90 Å². The average molecular weight is 253 g/mol. The number of ether oxygens (including phenoxy) is 1. The van der Waals surface area contributed by atoms with E-state index in [2.05, 4.69) is 5.32 Å². The summed E-state index contributed by atoms with van der Waals surface area (Å²) in [6.45, 7) is 3.91. The van der Waals surface area contributed by atoms with E-state index in [9.17, 15) is 10.1 Å². The van der Waals surface area contributed by atoms with Gasteiger partial charge in [-0.3, -0.25) is 10.1 Å². The van der Waals surface area contributed by atoms with E-state index in [1.165, 1.54) is 12.1 Å². The van der Waals surface area contributed by atoms with Crippen molar-refractivity contribution in [3.8, 4) is 5.75 Å². The number of nitro benzene ring substituents is 1. The van der Waals surface area contributed by atoms with Crippen molar-refractivity contribution in [1.29, 1.82) is 0 Å². The molecule has 0 amide bonds. The molecule has 0 radical (unpaired) electrons. The maximum absolute atomic E-state index is 10.8. The Balaban J connectivity index is 2.79. The van der Waals surface area contributed by atoms with Crippen LogP contribution < -0.4 is 10.1 Å². The fraction of sp³-hybridized carbons (Fsp3) is 0.500. The van der Waals surface area contributed by atoms with Gasteiger partial charge >= 0.3 is 0 Å². The van der Waals surface area contributed by atoms with E-state index >= 15 is 0 Å². The van der Waals surface area contributed by atoms with E-state index in [0.717, 1.165) is 6.54 Å². The lowest BCUT2D eigenvalue weighted by atomic mass is 10.2. The van der Waals surface area contributed by atoms with E-state index < -0.39 is 4.92 Å². The number of likely N-dealkylation sites (N-methyl/N-ethyl adjacent to an activating group) is 1. The highest BCUT2D eigenvalue weighted by molar-refractivity contribution is 5.56. The summed E-state index contributed by atoms with van der Waals surface area (Å²) in [7, 11) is 3.89. The van der Waals surface area contributed by atoms with Crippen LogP contribution in [0.4, 0.5) is 11.4 Å². The number of nitro groups is 1. The number of hydrogen-bond donors (Lipinski definition) is 1. The van der Waals surface area contributed by atoms with Gasteiger partial charge in [0, 0.05) is 30.9 Å². The third-order valence-corrected chi connectivity index (χ3v) is 2.29. The van der Waals surface area contributed by atoms with Crippen molar-refractivity contribution >= 4 is 11.4 Å². The van der Waals surface area contributed by atoms with Crippen LogP contribution in [0.2, 0.25) is 0 Å². The number of anilines is 1. The summed E-state index contributed by atoms with van der Waals surface area (Å²) in [4.78, 5) is 12.4. The lowest BCUT2D eigenvalue weighted by Crippen LogP contribution is -2.19. The van der Waals surface area contributed by atoms with E-state index in [1.807, 2.05) is 25.9 Å². The first-order valence-corrected chi connectivity index (χ1v) is 5.83. The fourth-order valence-electron chi connectivity index (χ4n) is 1.42. The minimum absolute atomic E-state index is 0.0355. The Hall–Kier alpha value is -1.82. The molecular formula is C12H19N3O3. The zero-order valence-corrected chi connectivity index (χ0v) is 11.0. The largest absolute Gasteiger partial charge is 0.492 e. The summed E-state index contributed by atoms with van der Waals surface area (Å²) in [5.74, 6) is 0.516. The molecule has 0 bridgehead atoms. The van der Waals surface area contributed by atoms with Crippen LogP contribution in [0.3, 0.4) is 0 Å². The molecule has 0 aromatic heterocycles. The number of rotatable bonds is 7. The predicted molar refractivity (Wildman–Crippen MR) is 71.3 cm³/mol. The van der Waals surface area contributed by atoms with Crippen LogP contribution in [0.15, 0.2) is 18.2 Å². The summed E-state index contributed by atoms with van der Waals surface area (Å²) in [5, 5.41) is 13.9. The maximum atomic E-state index is 10.8. The van der Waals surface area contributed by atoms with E-state index in [1.54, 1.807) is 6.07 Å². The Morgan fingerprint density at radius 1 is 1.39 bits per heavy atom. The molecule has 0 unspecified atom stereocenters. The molecule has 18 heavy (non-hydrogen) atoms. The molecule has 0 fully saturated rings. The Morgan fingerprint density at radius 2 is 2.11 bits per heavy atom. The quantitative estimate of drug-likeness (QED) is 0.594. The van der Waals surface area contributed by atoms with Gasteiger partial charge in [-0.15, -0.1) is 0 Å². The third-order valence-electron chi connectivity index (χ3n) is 2.29. The Bertz CT molecular complexity index is 408. The Labute approximate surface area is 107 Å². The van der Waals surface area contributed by atoms with Gasteiger partial charge in [0.1, 0.15) is 12.4 Å². The zero-order valence-electron chi connectivity index (χ0n) is 11.0. The highest BCUT2D eigenvalue weighted by Gasteiger charge is 2.10. The minimum Gasteiger partial charge on any atom is -0.492 e. The fourth-order valence-corrected chi connectivity index (χ4v) is 1.42. The van der Waals surface area contributed by atoms with Gasteiger partial charge in [0.25, 0.3) is 5.69 Å². The molecule has 0 saturated carbocycles. The number of nitrogens with one attached hydrogen (secondary N) is 1. The molecule has 1 rings (SSSR count). The molecule has 0 aliphatic carbocycles. The first-order valence-electron chi connectivity index (χ1n) is 5.83. The number of nitrogens with zero attached hydrogens (tertiary/aromatic N) is 2. The van der Waals surface area contributed by atoms with Crippen LogP contribution in [-0.4, -0.2) is 43.6 Å². The molecule has 1 aromatic carbocycles. The van der Waals surface area contributed by atoms with Crippen LogP contribution in [0.1, 0.15) is 6.92 Å². The molecule has 0 aliphatic rings. The van der Waals surface area contributed by atoms with Crippen LogP contribution in [0, 0.1) is 10.1 Å². The molecule has 100 valence electrons. The first kappa shape index (κ1) is 14.2. The van der Waals surface area contributed by atoms with Crippen LogP contribution in [-0.2, 0) is 0 Å². The lowest BCUT2D eigenvalue weighted by Gasteiger charge is -2.12. The topological polar surface area (TPSA) is 67.6 Å². The molecule has 0 heterocycles. The van der Waals surface area contributed by atoms with Gasteiger partial charge in [0.05, 0.1) is 11.0 Å². The van der Waals surface area contributed by atoms with Crippen molar-refractivity contribution < 1.29 is 9.66 Å². The third kappa shape index (κ3) is 4.58. The van der Waals surface area contributed by atoms with Crippen molar-refractivity contribution in [3.63, 3.8) is 0 Å². The van der Waals surface area contributed by atoms with Crippen LogP contribution in [0.5, 0.6) is 5.75 Å². The summed E-state index contributed by atoms with van der Waals surface area (Å²) in [6.07, 6.45) is 0. The summed E-state index contributed by atoms with van der Waals surface area (Å²) in [5.41, 5.74) is 0.736. The molecular weight excluding hydrogens is 234 g/mol. The average Bonchev–Trinajstić information content (AvgIpc) is 2.28. The van der Waals surface area contributed by atoms with Crippen molar-refractivity contribution in [2.45, 2.75) is 6.92 Å². The van der Waals surface area contributed by atoms with Crippen molar-refractivity contribution in [2.24, 2.45) is 0 Å². The predicted octanol–water partition coefficient (Wildman–Crippen LogP) is 1.97. The van der Waals surface area contributed by atoms with Gasteiger partial charge in [0.2, 0.25) is 0 Å². The maximum Gasteiger partial charge on any atom is 0.275 e. The molecule has 1 aromatic rings. The second-order valence-corrected chi connectivity index (χ2v) is 4.15. The molecule has 6 nitrogen and oxygen atoms in total. The monoisotopic (exact) mass is 253 g/mol. The van der Waals surface area contributed by atoms with Gasteiger partial charge in [0.15, 0.2) is 0 Å². The molecule has 0 saturated heterocycles. The van der Waals surface area contributed by atoms with Gasteiger partial charge in [-0.25, -0.2) is 0 Å². The van der Waals surface area contributed by atoms with Gasteiger partial charge in [-0.2, -0.15) is 0 Å². The van der Waals surface area contributed by atoms with Crippen molar-refractivity contribution in [2.75, 3.05) is 39.1 Å². The highest BCUT2D eigenvalue weighted by atomic mass is 16.6. The molecule has 0 atom stereocenters. The molecule has 0 spiro atoms. The van der Waals surface area contributed by atoms with E-state index in [0.29, 0.717) is 24.6 Å². The van der Waals surface area contributed by atoms with Crippen LogP contribution >= 0.6 is 0 Å². The molecule has 1 N–H and O–H groups in total. The Kier molecular flexibility index (Phi) is 5.38.